The lowest BCUT2D eigenvalue weighted by Crippen LogP contribution is -2.27. The third-order valence-electron chi connectivity index (χ3n) is 11.1. The van der Waals surface area contributed by atoms with Crippen LogP contribution in [0, 0.1) is 51.2 Å². The third kappa shape index (κ3) is 5.39. The lowest BCUT2D eigenvalue weighted by atomic mass is 9.74. The molecule has 2 heterocycles. The van der Waals surface area contributed by atoms with Crippen LogP contribution < -0.4 is 9.80 Å². The Morgan fingerprint density at radius 1 is 0.589 bits per heavy atom. The molecule has 1 aliphatic carbocycles. The maximum Gasteiger partial charge on any atom is 0.0991 e. The minimum absolute atomic E-state index is 0.188. The molecule has 0 spiro atoms. The number of hydrogen-bond acceptors (Lipinski definition) is 6. The molecule has 9 rings (SSSR count). The molecule has 6 aromatic carbocycles. The summed E-state index contributed by atoms with van der Waals surface area (Å²) in [6.07, 6.45) is 6.72. The van der Waals surface area contributed by atoms with Crippen LogP contribution in [-0.2, 0) is 5.41 Å². The molecule has 56 heavy (non-hydrogen) atoms. The van der Waals surface area contributed by atoms with Gasteiger partial charge < -0.3 is 14.4 Å². The van der Waals surface area contributed by atoms with Gasteiger partial charge in [0.25, 0.3) is 0 Å². The van der Waals surface area contributed by atoms with Gasteiger partial charge in [0.1, 0.15) is 0 Å². The molecule has 2 aliphatic rings. The van der Waals surface area contributed by atoms with E-state index in [1.165, 1.54) is 11.1 Å². The molecule has 1 atom stereocenters. The molecule has 1 aliphatic heterocycles. The molecule has 0 bridgehead atoms. The number of para-hydroxylation sites is 1. The molecule has 7 aromatic rings. The van der Waals surface area contributed by atoms with Crippen LogP contribution in [0.4, 0.5) is 28.4 Å². The number of allylic oxidation sites excluding steroid dienone is 3. The van der Waals surface area contributed by atoms with E-state index < -0.39 is 0 Å². The SMILES string of the molecule is CC1(C)c2ccccc2-n2c3ccc(N(c4ccc(C#N)cc4)c4ccc(C#N)cc4)cc3c3cc(N(C4=CCC(C#N)C=C4)c4ccc(C#N)cc4)cc1c32. The molecule has 1 aromatic heterocycles. The second-order valence-corrected chi connectivity index (χ2v) is 14.7. The second-order valence-electron chi connectivity index (χ2n) is 14.7. The van der Waals surface area contributed by atoms with Crippen LogP contribution in [0.25, 0.3) is 27.5 Å². The summed E-state index contributed by atoms with van der Waals surface area (Å²) in [5.74, 6) is -0.188. The smallest absolute Gasteiger partial charge is 0.0991 e. The maximum atomic E-state index is 9.69. The van der Waals surface area contributed by atoms with Crippen molar-refractivity contribution in [1.82, 2.24) is 4.57 Å². The number of nitrogens with zero attached hydrogens (tertiary/aromatic N) is 7. The van der Waals surface area contributed by atoms with E-state index in [0.29, 0.717) is 23.1 Å². The molecule has 0 radical (unpaired) electrons. The Balaban J connectivity index is 1.33. The second kappa shape index (κ2) is 13.2. The lowest BCUT2D eigenvalue weighted by molar-refractivity contribution is 0.630. The van der Waals surface area contributed by atoms with Crippen molar-refractivity contribution in [3.63, 3.8) is 0 Å². The first-order valence-corrected chi connectivity index (χ1v) is 18.4. The number of fused-ring (bicyclic) bond motifs is 5. The van der Waals surface area contributed by atoms with E-state index in [1.807, 2.05) is 84.9 Å². The summed E-state index contributed by atoms with van der Waals surface area (Å²) in [5, 5.41) is 40.6. The summed E-state index contributed by atoms with van der Waals surface area (Å²) < 4.78 is 2.39. The van der Waals surface area contributed by atoms with E-state index in [1.54, 1.807) is 0 Å². The number of benzene rings is 6. The van der Waals surface area contributed by atoms with Crippen LogP contribution in [0.3, 0.4) is 0 Å². The topological polar surface area (TPSA) is 107 Å². The number of nitriles is 4. The van der Waals surface area contributed by atoms with Crippen LogP contribution in [0.1, 0.15) is 48.1 Å². The summed E-state index contributed by atoms with van der Waals surface area (Å²) in [7, 11) is 0. The number of anilines is 5. The largest absolute Gasteiger partial charge is 0.311 e. The van der Waals surface area contributed by atoms with Crippen molar-refractivity contribution >= 4 is 50.2 Å². The fourth-order valence-electron chi connectivity index (χ4n) is 8.28. The van der Waals surface area contributed by atoms with Crippen molar-refractivity contribution < 1.29 is 0 Å². The first kappa shape index (κ1) is 34.0. The Morgan fingerprint density at radius 2 is 1.14 bits per heavy atom. The Kier molecular flexibility index (Phi) is 8.02. The van der Waals surface area contributed by atoms with Crippen molar-refractivity contribution in [2.75, 3.05) is 9.80 Å². The standard InChI is InChI=1S/C49H33N7/c1-49(2)44-5-3-4-6-47(44)56-46-24-23-40(54(36-15-7-32(28-50)8-16-36)37-17-9-33(29-51)10-18-37)25-42(46)43-26-41(27-45(49)48(43)56)55(38-19-11-34(30-52)12-20-38)39-21-13-35(31-53)14-22-39/h3-13,15-27,35H,14H2,1-2H3. The Hall–Kier alpha value is -7.84. The van der Waals surface area contributed by atoms with Crippen LogP contribution in [0.15, 0.2) is 151 Å². The molecule has 0 saturated heterocycles. The molecule has 7 heteroatoms. The number of aromatic nitrogens is 1. The third-order valence-corrected chi connectivity index (χ3v) is 11.1. The molecular formula is C49H33N7. The highest BCUT2D eigenvalue weighted by Gasteiger charge is 2.36. The first-order chi connectivity index (χ1) is 27.3. The van der Waals surface area contributed by atoms with Gasteiger partial charge in [-0.25, -0.2) is 0 Å². The fraction of sp³-hybridized carbons (Fsp3) is 0.102. The highest BCUT2D eigenvalue weighted by molar-refractivity contribution is 6.14. The molecule has 7 nitrogen and oxygen atoms in total. The van der Waals surface area contributed by atoms with Crippen LogP contribution in [-0.4, -0.2) is 4.57 Å². The molecule has 0 saturated carbocycles. The lowest BCUT2D eigenvalue weighted by Gasteiger charge is -2.36. The summed E-state index contributed by atoms with van der Waals surface area (Å²) in [6, 6.07) is 51.6. The highest BCUT2D eigenvalue weighted by atomic mass is 15.2. The van der Waals surface area contributed by atoms with Gasteiger partial charge in [0.15, 0.2) is 0 Å². The van der Waals surface area contributed by atoms with E-state index in [-0.39, 0.29) is 11.3 Å². The van der Waals surface area contributed by atoms with E-state index in [4.69, 9.17) is 0 Å². The van der Waals surface area contributed by atoms with Crippen molar-refractivity contribution in [3.05, 3.63) is 179 Å². The minimum Gasteiger partial charge on any atom is -0.311 e. The average Bonchev–Trinajstić information content (AvgIpc) is 3.57. The monoisotopic (exact) mass is 719 g/mol. The fourth-order valence-corrected chi connectivity index (χ4v) is 8.28. The Labute approximate surface area is 325 Å². The van der Waals surface area contributed by atoms with Crippen molar-refractivity contribution in [2.24, 2.45) is 5.92 Å². The van der Waals surface area contributed by atoms with Gasteiger partial charge in [-0.1, -0.05) is 44.2 Å². The van der Waals surface area contributed by atoms with E-state index >= 15 is 0 Å². The zero-order chi connectivity index (χ0) is 38.6. The van der Waals surface area contributed by atoms with Gasteiger partial charge in [-0.3, -0.25) is 0 Å². The van der Waals surface area contributed by atoms with Gasteiger partial charge in [0.2, 0.25) is 0 Å². The van der Waals surface area contributed by atoms with Crippen molar-refractivity contribution in [1.29, 1.82) is 21.0 Å². The predicted octanol–water partition coefficient (Wildman–Crippen LogP) is 11.6. The van der Waals surface area contributed by atoms with Gasteiger partial charge in [0, 0.05) is 50.3 Å². The van der Waals surface area contributed by atoms with Gasteiger partial charge in [0.05, 0.1) is 63.6 Å². The highest BCUT2D eigenvalue weighted by Crippen LogP contribution is 2.51. The molecule has 0 fully saturated rings. The Bertz CT molecular complexity index is 2900. The van der Waals surface area contributed by atoms with Gasteiger partial charge >= 0.3 is 0 Å². The summed E-state index contributed by atoms with van der Waals surface area (Å²) >= 11 is 0. The maximum absolute atomic E-state index is 9.69. The van der Waals surface area contributed by atoms with E-state index in [9.17, 15) is 21.0 Å². The Morgan fingerprint density at radius 3 is 1.70 bits per heavy atom. The molecule has 0 N–H and O–H groups in total. The van der Waals surface area contributed by atoms with Crippen molar-refractivity contribution in [3.8, 4) is 30.0 Å². The summed E-state index contributed by atoms with van der Waals surface area (Å²) in [5.41, 5.74) is 12.7. The predicted molar refractivity (Wildman–Crippen MR) is 221 cm³/mol. The molecule has 264 valence electrons. The molecular weight excluding hydrogens is 687 g/mol. The van der Waals surface area contributed by atoms with Crippen molar-refractivity contribution in [2.45, 2.75) is 25.7 Å². The summed E-state index contributed by atoms with van der Waals surface area (Å²) in [6.45, 7) is 4.58. The van der Waals surface area contributed by atoms with E-state index in [2.05, 4.69) is 113 Å². The average molecular weight is 720 g/mol. The van der Waals surface area contributed by atoms with Gasteiger partial charge in [-0.05, 0) is 133 Å². The van der Waals surface area contributed by atoms with E-state index in [0.717, 1.165) is 61.6 Å². The quantitative estimate of drug-likeness (QED) is 0.169. The zero-order valence-electron chi connectivity index (χ0n) is 30.8. The van der Waals surface area contributed by atoms with Gasteiger partial charge in [-0.15, -0.1) is 0 Å². The van der Waals surface area contributed by atoms with Gasteiger partial charge in [-0.2, -0.15) is 21.0 Å². The summed E-state index contributed by atoms with van der Waals surface area (Å²) in [4.78, 5) is 4.38. The normalized spacial score (nSPS) is 14.8. The first-order valence-electron chi connectivity index (χ1n) is 18.4. The molecule has 0 amide bonds. The van der Waals surface area contributed by atoms with Crippen LogP contribution in [0.5, 0.6) is 0 Å². The molecule has 1 unspecified atom stereocenters. The van der Waals surface area contributed by atoms with Crippen LogP contribution >= 0.6 is 0 Å². The van der Waals surface area contributed by atoms with Crippen LogP contribution in [0.2, 0.25) is 0 Å². The zero-order valence-corrected chi connectivity index (χ0v) is 30.8. The number of rotatable bonds is 6. The number of hydrogen-bond donors (Lipinski definition) is 0. The minimum atomic E-state index is -0.353.